The Kier molecular flexibility index (Phi) is 4.13. The van der Waals surface area contributed by atoms with Gasteiger partial charge in [0.25, 0.3) is 5.91 Å². The van der Waals surface area contributed by atoms with E-state index >= 15 is 0 Å². The number of hydrogen-bond acceptors (Lipinski definition) is 3. The molecule has 1 aliphatic rings. The summed E-state index contributed by atoms with van der Waals surface area (Å²) in [5.41, 5.74) is 1.90. The Labute approximate surface area is 130 Å². The second kappa shape index (κ2) is 6.22. The average molecular weight is 299 g/mol. The van der Waals surface area contributed by atoms with Gasteiger partial charge < -0.3 is 14.2 Å². The van der Waals surface area contributed by atoms with E-state index in [1.54, 1.807) is 7.11 Å². The van der Waals surface area contributed by atoms with Gasteiger partial charge in [-0.25, -0.2) is 4.98 Å². The minimum Gasteiger partial charge on any atom is -0.496 e. The van der Waals surface area contributed by atoms with Crippen molar-refractivity contribution >= 4 is 5.91 Å². The first-order chi connectivity index (χ1) is 10.7. The Bertz CT molecular complexity index is 657. The number of likely N-dealkylation sites (tertiary alicyclic amines) is 1. The smallest absolute Gasteiger partial charge is 0.257 e. The van der Waals surface area contributed by atoms with Crippen LogP contribution in [0.25, 0.3) is 0 Å². The van der Waals surface area contributed by atoms with Gasteiger partial charge in [0.05, 0.1) is 19.0 Å². The predicted molar refractivity (Wildman–Crippen MR) is 84.1 cm³/mol. The highest BCUT2D eigenvalue weighted by Gasteiger charge is 2.27. The summed E-state index contributed by atoms with van der Waals surface area (Å²) in [4.78, 5) is 18.8. The van der Waals surface area contributed by atoms with Gasteiger partial charge in [-0.05, 0) is 25.0 Å². The number of imidazole rings is 1. The largest absolute Gasteiger partial charge is 0.496 e. The number of benzene rings is 1. The third kappa shape index (κ3) is 2.71. The van der Waals surface area contributed by atoms with E-state index in [-0.39, 0.29) is 5.91 Å². The third-order valence-electron chi connectivity index (χ3n) is 4.39. The van der Waals surface area contributed by atoms with Gasteiger partial charge in [0.15, 0.2) is 0 Å². The molecule has 2 aromatic rings. The Hall–Kier alpha value is -2.30. The molecule has 5 heteroatoms. The van der Waals surface area contributed by atoms with Crippen LogP contribution in [0.5, 0.6) is 5.75 Å². The third-order valence-corrected chi connectivity index (χ3v) is 4.39. The number of carbonyl (C=O) groups is 1. The molecule has 0 spiro atoms. The van der Waals surface area contributed by atoms with Crippen molar-refractivity contribution in [3.63, 3.8) is 0 Å². The van der Waals surface area contributed by atoms with Gasteiger partial charge >= 0.3 is 0 Å². The van der Waals surface area contributed by atoms with E-state index in [0.717, 1.165) is 25.9 Å². The molecule has 1 fully saturated rings. The van der Waals surface area contributed by atoms with Gasteiger partial charge in [-0.3, -0.25) is 4.79 Å². The van der Waals surface area contributed by atoms with Gasteiger partial charge in [0, 0.05) is 37.9 Å². The highest BCUT2D eigenvalue weighted by Crippen LogP contribution is 2.29. The Morgan fingerprint density at radius 2 is 2.00 bits per heavy atom. The van der Waals surface area contributed by atoms with Crippen molar-refractivity contribution in [1.82, 2.24) is 14.5 Å². The van der Waals surface area contributed by atoms with Gasteiger partial charge in [0.1, 0.15) is 5.75 Å². The van der Waals surface area contributed by atoms with E-state index in [2.05, 4.69) is 9.55 Å². The molecule has 0 bridgehead atoms. The molecular formula is C17H21N3O2. The highest BCUT2D eigenvalue weighted by molar-refractivity contribution is 5.97. The number of carbonyl (C=O) groups excluding carboxylic acids is 1. The summed E-state index contributed by atoms with van der Waals surface area (Å²) in [7, 11) is 3.62. The highest BCUT2D eigenvalue weighted by atomic mass is 16.5. The molecule has 1 aromatic heterocycles. The van der Waals surface area contributed by atoms with E-state index < -0.39 is 0 Å². The van der Waals surface area contributed by atoms with Crippen molar-refractivity contribution in [2.24, 2.45) is 7.05 Å². The van der Waals surface area contributed by atoms with Crippen LogP contribution in [0.3, 0.4) is 0 Å². The van der Waals surface area contributed by atoms with Crippen molar-refractivity contribution in [3.8, 4) is 5.75 Å². The average Bonchev–Trinajstić information content (AvgIpc) is 3.00. The zero-order chi connectivity index (χ0) is 15.5. The van der Waals surface area contributed by atoms with Crippen LogP contribution in [-0.4, -0.2) is 40.6 Å². The molecule has 22 heavy (non-hydrogen) atoms. The number of aryl methyl sites for hydroxylation is 1. The lowest BCUT2D eigenvalue weighted by Gasteiger charge is -2.32. The van der Waals surface area contributed by atoms with E-state index in [0.29, 0.717) is 17.2 Å². The maximum atomic E-state index is 12.7. The Morgan fingerprint density at radius 1 is 1.27 bits per heavy atom. The molecule has 5 nitrogen and oxygen atoms in total. The molecule has 1 amide bonds. The second-order valence-electron chi connectivity index (χ2n) is 5.70. The maximum absolute atomic E-state index is 12.7. The number of ether oxygens (including phenoxy) is 1. The summed E-state index contributed by atoms with van der Waals surface area (Å²) >= 11 is 0. The van der Waals surface area contributed by atoms with Crippen molar-refractivity contribution in [1.29, 1.82) is 0 Å². The zero-order valence-corrected chi connectivity index (χ0v) is 13.0. The van der Waals surface area contributed by atoms with Gasteiger partial charge in [-0.2, -0.15) is 0 Å². The standard InChI is InChI=1S/C17H21N3O2/c1-19-12-18-11-15(19)13-7-9-20(10-8-13)17(21)14-5-3-4-6-16(14)22-2/h3-6,11-13H,7-10H2,1-2H3. The summed E-state index contributed by atoms with van der Waals surface area (Å²) in [5, 5.41) is 0. The van der Waals surface area contributed by atoms with Crippen LogP contribution in [0.2, 0.25) is 0 Å². The maximum Gasteiger partial charge on any atom is 0.257 e. The van der Waals surface area contributed by atoms with E-state index in [9.17, 15) is 4.79 Å². The molecule has 0 radical (unpaired) electrons. The van der Waals surface area contributed by atoms with Gasteiger partial charge in [0.2, 0.25) is 0 Å². The summed E-state index contributed by atoms with van der Waals surface area (Å²) in [6, 6.07) is 7.41. The van der Waals surface area contributed by atoms with Crippen molar-refractivity contribution < 1.29 is 9.53 Å². The number of amides is 1. The molecule has 0 N–H and O–H groups in total. The molecule has 0 aliphatic carbocycles. The lowest BCUT2D eigenvalue weighted by atomic mass is 9.93. The number of aromatic nitrogens is 2. The second-order valence-corrected chi connectivity index (χ2v) is 5.70. The van der Waals surface area contributed by atoms with Gasteiger partial charge in [-0.15, -0.1) is 0 Å². The number of nitrogens with zero attached hydrogens (tertiary/aromatic N) is 3. The first kappa shape index (κ1) is 14.6. The molecule has 1 saturated heterocycles. The molecule has 1 aliphatic heterocycles. The van der Waals surface area contributed by atoms with Crippen molar-refractivity contribution in [2.75, 3.05) is 20.2 Å². The molecular weight excluding hydrogens is 278 g/mol. The molecule has 0 unspecified atom stereocenters. The number of methoxy groups -OCH3 is 1. The molecule has 3 rings (SSSR count). The quantitative estimate of drug-likeness (QED) is 0.874. The van der Waals surface area contributed by atoms with E-state index in [4.69, 9.17) is 4.74 Å². The fourth-order valence-corrected chi connectivity index (χ4v) is 3.13. The molecule has 2 heterocycles. The first-order valence-electron chi connectivity index (χ1n) is 7.59. The number of rotatable bonds is 3. The Balaban J connectivity index is 1.69. The van der Waals surface area contributed by atoms with Crippen LogP contribution in [0.1, 0.15) is 34.8 Å². The minimum absolute atomic E-state index is 0.0564. The topological polar surface area (TPSA) is 47.4 Å². The van der Waals surface area contributed by atoms with Gasteiger partial charge in [-0.1, -0.05) is 12.1 Å². The summed E-state index contributed by atoms with van der Waals surface area (Å²) in [6.07, 6.45) is 5.71. The summed E-state index contributed by atoms with van der Waals surface area (Å²) in [5.74, 6) is 1.18. The SMILES string of the molecule is COc1ccccc1C(=O)N1CCC(c2cncn2C)CC1. The Morgan fingerprint density at radius 3 is 2.64 bits per heavy atom. The fourth-order valence-electron chi connectivity index (χ4n) is 3.13. The number of hydrogen-bond donors (Lipinski definition) is 0. The normalized spacial score (nSPS) is 15.8. The van der Waals surface area contributed by atoms with Crippen LogP contribution in [0.15, 0.2) is 36.8 Å². The lowest BCUT2D eigenvalue weighted by Crippen LogP contribution is -2.38. The van der Waals surface area contributed by atoms with Crippen LogP contribution >= 0.6 is 0 Å². The van der Waals surface area contributed by atoms with Crippen molar-refractivity contribution in [2.45, 2.75) is 18.8 Å². The fraction of sp³-hybridized carbons (Fsp3) is 0.412. The molecule has 0 saturated carbocycles. The summed E-state index contributed by atoms with van der Waals surface area (Å²) in [6.45, 7) is 1.54. The molecule has 0 atom stereocenters. The van der Waals surface area contributed by atoms with Crippen LogP contribution in [0.4, 0.5) is 0 Å². The predicted octanol–water partition coefficient (Wildman–Crippen LogP) is 2.45. The van der Waals surface area contributed by atoms with Crippen LogP contribution in [0, 0.1) is 0 Å². The van der Waals surface area contributed by atoms with Crippen molar-refractivity contribution in [3.05, 3.63) is 48.0 Å². The first-order valence-corrected chi connectivity index (χ1v) is 7.59. The van der Waals surface area contributed by atoms with Crippen LogP contribution in [-0.2, 0) is 7.05 Å². The van der Waals surface area contributed by atoms with E-state index in [1.165, 1.54) is 5.69 Å². The zero-order valence-electron chi connectivity index (χ0n) is 13.0. The van der Waals surface area contributed by atoms with E-state index in [1.807, 2.05) is 48.7 Å². The molecule has 1 aromatic carbocycles. The number of piperidine rings is 1. The molecule has 116 valence electrons. The number of para-hydroxylation sites is 1. The minimum atomic E-state index is 0.0564. The monoisotopic (exact) mass is 299 g/mol. The van der Waals surface area contributed by atoms with Crippen LogP contribution < -0.4 is 4.74 Å². The summed E-state index contributed by atoms with van der Waals surface area (Å²) < 4.78 is 7.37. The lowest BCUT2D eigenvalue weighted by molar-refractivity contribution is 0.0708.